The van der Waals surface area contributed by atoms with E-state index in [0.717, 1.165) is 0 Å². The van der Waals surface area contributed by atoms with Gasteiger partial charge in [-0.05, 0) is 19.1 Å². The summed E-state index contributed by atoms with van der Waals surface area (Å²) in [6.45, 7) is 2.74. The van der Waals surface area contributed by atoms with Gasteiger partial charge in [0.1, 0.15) is 0 Å². The van der Waals surface area contributed by atoms with Gasteiger partial charge in [-0.25, -0.2) is 9.59 Å². The van der Waals surface area contributed by atoms with E-state index < -0.39 is 11.9 Å². The third kappa shape index (κ3) is 3.96. The van der Waals surface area contributed by atoms with Gasteiger partial charge in [-0.3, -0.25) is 0 Å². The molecule has 0 aliphatic heterocycles. The molecule has 6 heteroatoms. The van der Waals surface area contributed by atoms with E-state index in [1.807, 2.05) is 0 Å². The van der Waals surface area contributed by atoms with Crippen LogP contribution in [0.2, 0.25) is 0 Å². The summed E-state index contributed by atoms with van der Waals surface area (Å²) >= 11 is 0. The molecule has 2 N–H and O–H groups in total. The average molecular weight is 267 g/mol. The number of hydrogen-bond acceptors (Lipinski definition) is 5. The fourth-order valence-corrected chi connectivity index (χ4v) is 1.60. The number of rotatable bonds is 7. The van der Waals surface area contributed by atoms with E-state index in [9.17, 15) is 14.7 Å². The standard InChI is InChI=1S/C13H17NO5/c1-3-19-13(17)9-5-4-6-10(11(9)12(15)16)14-7-8-18-2/h4-6,14H,3,7-8H2,1-2H3,(H,15,16). The van der Waals surface area contributed by atoms with Crippen LogP contribution in [0.5, 0.6) is 0 Å². The Bertz CT molecular complexity index is 458. The number of carbonyl (C=O) groups is 2. The van der Waals surface area contributed by atoms with Crippen molar-refractivity contribution >= 4 is 17.6 Å². The van der Waals surface area contributed by atoms with Gasteiger partial charge in [0, 0.05) is 19.3 Å². The van der Waals surface area contributed by atoms with Crippen molar-refractivity contribution in [1.29, 1.82) is 0 Å². The van der Waals surface area contributed by atoms with E-state index in [1.165, 1.54) is 6.07 Å². The number of methoxy groups -OCH3 is 1. The topological polar surface area (TPSA) is 84.9 Å². The normalized spacial score (nSPS) is 10.0. The number of carboxylic acid groups (broad SMARTS) is 1. The number of esters is 1. The zero-order chi connectivity index (χ0) is 14.3. The second-order valence-corrected chi connectivity index (χ2v) is 3.67. The number of anilines is 1. The fourth-order valence-electron chi connectivity index (χ4n) is 1.60. The van der Waals surface area contributed by atoms with E-state index in [1.54, 1.807) is 26.2 Å². The molecule has 0 fully saturated rings. The maximum Gasteiger partial charge on any atom is 0.339 e. The number of nitrogens with one attached hydrogen (secondary N) is 1. The van der Waals surface area contributed by atoms with Crippen molar-refractivity contribution in [2.24, 2.45) is 0 Å². The van der Waals surface area contributed by atoms with Crippen molar-refractivity contribution < 1.29 is 24.2 Å². The molecule has 1 rings (SSSR count). The second-order valence-electron chi connectivity index (χ2n) is 3.67. The highest BCUT2D eigenvalue weighted by molar-refractivity contribution is 6.06. The second kappa shape index (κ2) is 7.38. The molecule has 104 valence electrons. The van der Waals surface area contributed by atoms with Crippen LogP contribution in [0.4, 0.5) is 5.69 Å². The highest BCUT2D eigenvalue weighted by Gasteiger charge is 2.21. The Kier molecular flexibility index (Phi) is 5.81. The Morgan fingerprint density at radius 3 is 2.68 bits per heavy atom. The highest BCUT2D eigenvalue weighted by atomic mass is 16.5. The van der Waals surface area contributed by atoms with Gasteiger partial charge in [0.2, 0.25) is 0 Å². The van der Waals surface area contributed by atoms with Crippen LogP contribution in [0.15, 0.2) is 18.2 Å². The lowest BCUT2D eigenvalue weighted by Crippen LogP contribution is -2.16. The van der Waals surface area contributed by atoms with Crippen molar-refractivity contribution in [3.05, 3.63) is 29.3 Å². The zero-order valence-electron chi connectivity index (χ0n) is 10.9. The van der Waals surface area contributed by atoms with Crippen LogP contribution < -0.4 is 5.32 Å². The van der Waals surface area contributed by atoms with Crippen LogP contribution >= 0.6 is 0 Å². The molecule has 0 aromatic heterocycles. The van der Waals surface area contributed by atoms with Crippen LogP contribution in [0.25, 0.3) is 0 Å². The smallest absolute Gasteiger partial charge is 0.339 e. The molecule has 0 aliphatic rings. The van der Waals surface area contributed by atoms with Crippen LogP contribution in [0, 0.1) is 0 Å². The molecule has 0 spiro atoms. The summed E-state index contributed by atoms with van der Waals surface area (Å²) in [5.41, 5.74) is 0.323. The van der Waals surface area contributed by atoms with Crippen LogP contribution in [0.3, 0.4) is 0 Å². The van der Waals surface area contributed by atoms with E-state index >= 15 is 0 Å². The molecule has 6 nitrogen and oxygen atoms in total. The zero-order valence-corrected chi connectivity index (χ0v) is 10.9. The molecule has 0 aliphatic carbocycles. The summed E-state index contributed by atoms with van der Waals surface area (Å²) < 4.78 is 9.72. The van der Waals surface area contributed by atoms with Crippen molar-refractivity contribution in [3.8, 4) is 0 Å². The summed E-state index contributed by atoms with van der Waals surface area (Å²) in [5.74, 6) is -1.82. The lowest BCUT2D eigenvalue weighted by molar-refractivity contribution is 0.0515. The number of benzene rings is 1. The van der Waals surface area contributed by atoms with Gasteiger partial charge in [0.05, 0.1) is 24.3 Å². The molecule has 0 heterocycles. The summed E-state index contributed by atoms with van der Waals surface area (Å²) in [4.78, 5) is 23.0. The van der Waals surface area contributed by atoms with Crippen molar-refractivity contribution in [2.75, 3.05) is 32.2 Å². The van der Waals surface area contributed by atoms with E-state index in [2.05, 4.69) is 5.32 Å². The minimum absolute atomic E-state index is 0.0387. The maximum atomic E-state index is 11.7. The van der Waals surface area contributed by atoms with Crippen molar-refractivity contribution in [1.82, 2.24) is 0 Å². The molecule has 0 bridgehead atoms. The fraction of sp³-hybridized carbons (Fsp3) is 0.385. The molecule has 0 atom stereocenters. The molecule has 0 unspecified atom stereocenters. The number of hydrogen-bond donors (Lipinski definition) is 2. The molecular formula is C13H17NO5. The molecule has 0 amide bonds. The number of aromatic carboxylic acids is 1. The lowest BCUT2D eigenvalue weighted by atomic mass is 10.1. The van der Waals surface area contributed by atoms with Crippen LogP contribution in [0.1, 0.15) is 27.6 Å². The molecule has 0 saturated heterocycles. The van der Waals surface area contributed by atoms with Gasteiger partial charge >= 0.3 is 11.9 Å². The van der Waals surface area contributed by atoms with E-state index in [-0.39, 0.29) is 17.7 Å². The lowest BCUT2D eigenvalue weighted by Gasteiger charge is -2.12. The molecular weight excluding hydrogens is 250 g/mol. The summed E-state index contributed by atoms with van der Waals surface area (Å²) in [5, 5.41) is 12.2. The Morgan fingerprint density at radius 1 is 1.37 bits per heavy atom. The molecule has 1 aromatic rings. The van der Waals surface area contributed by atoms with E-state index in [0.29, 0.717) is 18.8 Å². The summed E-state index contributed by atoms with van der Waals surface area (Å²) in [7, 11) is 1.55. The number of carbonyl (C=O) groups excluding carboxylic acids is 1. The predicted molar refractivity (Wildman–Crippen MR) is 69.7 cm³/mol. The first-order valence-corrected chi connectivity index (χ1v) is 5.88. The average Bonchev–Trinajstić information content (AvgIpc) is 2.38. The summed E-state index contributed by atoms with van der Waals surface area (Å²) in [6.07, 6.45) is 0. The minimum Gasteiger partial charge on any atom is -0.478 e. The molecule has 0 saturated carbocycles. The largest absolute Gasteiger partial charge is 0.478 e. The third-order valence-electron chi connectivity index (χ3n) is 2.40. The highest BCUT2D eigenvalue weighted by Crippen LogP contribution is 2.21. The first kappa shape index (κ1) is 15.0. The van der Waals surface area contributed by atoms with E-state index in [4.69, 9.17) is 9.47 Å². The van der Waals surface area contributed by atoms with Gasteiger partial charge in [-0.2, -0.15) is 0 Å². The maximum absolute atomic E-state index is 11.7. The van der Waals surface area contributed by atoms with Gasteiger partial charge in [-0.15, -0.1) is 0 Å². The third-order valence-corrected chi connectivity index (χ3v) is 2.40. The quantitative estimate of drug-likeness (QED) is 0.577. The first-order chi connectivity index (χ1) is 9.11. The van der Waals surface area contributed by atoms with Crippen molar-refractivity contribution in [3.63, 3.8) is 0 Å². The number of carboxylic acids is 1. The SMILES string of the molecule is CCOC(=O)c1cccc(NCCOC)c1C(=O)O. The Balaban J connectivity index is 3.07. The molecule has 0 radical (unpaired) electrons. The van der Waals surface area contributed by atoms with Gasteiger partial charge in [-0.1, -0.05) is 6.07 Å². The van der Waals surface area contributed by atoms with Crippen molar-refractivity contribution in [2.45, 2.75) is 6.92 Å². The van der Waals surface area contributed by atoms with Crippen LogP contribution in [-0.4, -0.2) is 43.9 Å². The molecule has 1 aromatic carbocycles. The predicted octanol–water partition coefficient (Wildman–Crippen LogP) is 1.62. The summed E-state index contributed by atoms with van der Waals surface area (Å²) in [6, 6.07) is 4.64. The Morgan fingerprint density at radius 2 is 2.11 bits per heavy atom. The monoisotopic (exact) mass is 267 g/mol. The van der Waals surface area contributed by atoms with Gasteiger partial charge < -0.3 is 19.9 Å². The Hall–Kier alpha value is -2.08. The Labute approximate surface area is 111 Å². The van der Waals surface area contributed by atoms with Gasteiger partial charge in [0.15, 0.2) is 0 Å². The first-order valence-electron chi connectivity index (χ1n) is 5.88. The molecule has 19 heavy (non-hydrogen) atoms. The minimum atomic E-state index is -1.18. The van der Waals surface area contributed by atoms with Gasteiger partial charge in [0.25, 0.3) is 0 Å². The van der Waals surface area contributed by atoms with Crippen LogP contribution in [-0.2, 0) is 9.47 Å². The number of ether oxygens (including phenoxy) is 2.